The number of hydrogen-bond acceptors (Lipinski definition) is 2. The van der Waals surface area contributed by atoms with E-state index in [1.165, 1.54) is 0 Å². The third-order valence-corrected chi connectivity index (χ3v) is 2.94. The van der Waals surface area contributed by atoms with Crippen molar-refractivity contribution in [3.63, 3.8) is 0 Å². The number of rotatable bonds is 8. The molecule has 0 aromatic heterocycles. The summed E-state index contributed by atoms with van der Waals surface area (Å²) in [5, 5.41) is 18.3. The molecule has 2 N–H and O–H groups in total. The first kappa shape index (κ1) is 15.9. The average Bonchev–Trinajstić information content (AvgIpc) is 2.11. The van der Waals surface area contributed by atoms with Gasteiger partial charge in [-0.2, -0.15) is 0 Å². The lowest BCUT2D eigenvalue weighted by molar-refractivity contribution is -0.157. The SMILES string of the molecule is CC(C)CCC(CC(=O)O)(CC(C)C)C(=O)O. The first-order valence-electron chi connectivity index (χ1n) is 6.15. The van der Waals surface area contributed by atoms with Crippen LogP contribution in [0.3, 0.4) is 0 Å². The topological polar surface area (TPSA) is 74.6 Å². The monoisotopic (exact) mass is 244 g/mol. The van der Waals surface area contributed by atoms with Crippen LogP contribution in [0.4, 0.5) is 0 Å². The molecule has 0 aliphatic heterocycles. The minimum absolute atomic E-state index is 0.178. The van der Waals surface area contributed by atoms with Crippen molar-refractivity contribution in [1.82, 2.24) is 0 Å². The van der Waals surface area contributed by atoms with Gasteiger partial charge in [0.05, 0.1) is 11.8 Å². The van der Waals surface area contributed by atoms with Crippen molar-refractivity contribution in [2.45, 2.75) is 53.4 Å². The normalized spacial score (nSPS) is 14.9. The summed E-state index contributed by atoms with van der Waals surface area (Å²) in [5.41, 5.74) is -1.11. The van der Waals surface area contributed by atoms with Crippen LogP contribution in [0.15, 0.2) is 0 Å². The minimum atomic E-state index is -1.11. The highest BCUT2D eigenvalue weighted by Crippen LogP contribution is 2.37. The summed E-state index contributed by atoms with van der Waals surface area (Å²) in [4.78, 5) is 22.3. The standard InChI is InChI=1S/C13H24O4/c1-9(2)5-6-13(12(16)17,7-10(3)4)8-11(14)15/h9-10H,5-8H2,1-4H3,(H,14,15)(H,16,17). The second-order valence-corrected chi connectivity index (χ2v) is 5.69. The van der Waals surface area contributed by atoms with E-state index in [0.717, 1.165) is 6.42 Å². The van der Waals surface area contributed by atoms with Crippen molar-refractivity contribution in [3.8, 4) is 0 Å². The molecule has 0 heterocycles. The summed E-state index contributed by atoms with van der Waals surface area (Å²) < 4.78 is 0. The van der Waals surface area contributed by atoms with Crippen LogP contribution in [0.1, 0.15) is 53.4 Å². The van der Waals surface area contributed by atoms with Gasteiger partial charge < -0.3 is 10.2 Å². The molecule has 1 unspecified atom stereocenters. The molecule has 0 aromatic rings. The molecule has 17 heavy (non-hydrogen) atoms. The van der Waals surface area contributed by atoms with E-state index in [4.69, 9.17) is 5.11 Å². The molecule has 0 aliphatic rings. The summed E-state index contributed by atoms with van der Waals surface area (Å²) in [6.07, 6.45) is 1.31. The highest BCUT2D eigenvalue weighted by molar-refractivity contribution is 5.81. The summed E-state index contributed by atoms with van der Waals surface area (Å²) in [6.45, 7) is 7.88. The molecule has 0 rings (SSSR count). The second-order valence-electron chi connectivity index (χ2n) is 5.69. The molecule has 4 nitrogen and oxygen atoms in total. The Hall–Kier alpha value is -1.06. The van der Waals surface area contributed by atoms with E-state index in [1.54, 1.807) is 0 Å². The van der Waals surface area contributed by atoms with Crippen LogP contribution in [0, 0.1) is 17.3 Å². The lowest BCUT2D eigenvalue weighted by Gasteiger charge is -2.30. The van der Waals surface area contributed by atoms with Gasteiger partial charge in [-0.15, -0.1) is 0 Å². The van der Waals surface area contributed by atoms with E-state index in [0.29, 0.717) is 18.8 Å². The molecule has 0 saturated carbocycles. The molecule has 0 bridgehead atoms. The lowest BCUT2D eigenvalue weighted by Crippen LogP contribution is -2.35. The summed E-state index contributed by atoms with van der Waals surface area (Å²) >= 11 is 0. The van der Waals surface area contributed by atoms with E-state index in [2.05, 4.69) is 0 Å². The maximum absolute atomic E-state index is 11.4. The van der Waals surface area contributed by atoms with Gasteiger partial charge in [-0.25, -0.2) is 0 Å². The van der Waals surface area contributed by atoms with Gasteiger partial charge in [0.25, 0.3) is 0 Å². The molecule has 0 aliphatic carbocycles. The molecule has 0 radical (unpaired) electrons. The van der Waals surface area contributed by atoms with E-state index in [9.17, 15) is 14.7 Å². The Labute approximate surface area is 103 Å². The predicted molar refractivity (Wildman–Crippen MR) is 65.8 cm³/mol. The Morgan fingerprint density at radius 2 is 1.59 bits per heavy atom. The van der Waals surface area contributed by atoms with Crippen molar-refractivity contribution in [3.05, 3.63) is 0 Å². The molecule has 0 saturated heterocycles. The fraction of sp³-hybridized carbons (Fsp3) is 0.846. The van der Waals surface area contributed by atoms with Gasteiger partial charge in [-0.05, 0) is 31.1 Å². The predicted octanol–water partition coefficient (Wildman–Crippen LogP) is 3.01. The number of carbonyl (C=O) groups is 2. The fourth-order valence-electron chi connectivity index (χ4n) is 2.17. The van der Waals surface area contributed by atoms with Crippen LogP contribution in [0.2, 0.25) is 0 Å². The molecular formula is C13H24O4. The van der Waals surface area contributed by atoms with Gasteiger partial charge in [0.15, 0.2) is 0 Å². The molecule has 4 heteroatoms. The van der Waals surface area contributed by atoms with Crippen LogP contribution in [0.5, 0.6) is 0 Å². The van der Waals surface area contributed by atoms with Crippen LogP contribution in [0.25, 0.3) is 0 Å². The van der Waals surface area contributed by atoms with Crippen molar-refractivity contribution in [1.29, 1.82) is 0 Å². The highest BCUT2D eigenvalue weighted by atomic mass is 16.4. The van der Waals surface area contributed by atoms with Crippen molar-refractivity contribution in [2.75, 3.05) is 0 Å². The van der Waals surface area contributed by atoms with Gasteiger partial charge in [0.2, 0.25) is 0 Å². The van der Waals surface area contributed by atoms with E-state index < -0.39 is 17.4 Å². The van der Waals surface area contributed by atoms with Crippen LogP contribution in [-0.2, 0) is 9.59 Å². The minimum Gasteiger partial charge on any atom is -0.481 e. The smallest absolute Gasteiger partial charge is 0.310 e. The molecule has 0 spiro atoms. The van der Waals surface area contributed by atoms with Crippen molar-refractivity contribution < 1.29 is 19.8 Å². The molecule has 1 atom stereocenters. The summed E-state index contributed by atoms with van der Waals surface area (Å²) in [6, 6.07) is 0. The second kappa shape index (κ2) is 6.62. The van der Waals surface area contributed by atoms with E-state index >= 15 is 0 Å². The highest BCUT2D eigenvalue weighted by Gasteiger charge is 2.40. The first-order chi connectivity index (χ1) is 7.69. The Kier molecular flexibility index (Phi) is 6.21. The van der Waals surface area contributed by atoms with Gasteiger partial charge in [0.1, 0.15) is 0 Å². The third-order valence-electron chi connectivity index (χ3n) is 2.94. The van der Waals surface area contributed by atoms with E-state index in [-0.39, 0.29) is 12.3 Å². The van der Waals surface area contributed by atoms with E-state index in [1.807, 2.05) is 27.7 Å². The first-order valence-corrected chi connectivity index (χ1v) is 6.15. The molecule has 0 amide bonds. The van der Waals surface area contributed by atoms with Gasteiger partial charge in [-0.3, -0.25) is 9.59 Å². The zero-order chi connectivity index (χ0) is 13.6. The Balaban J connectivity index is 4.94. The maximum Gasteiger partial charge on any atom is 0.310 e. The van der Waals surface area contributed by atoms with Crippen LogP contribution >= 0.6 is 0 Å². The Morgan fingerprint density at radius 1 is 1.06 bits per heavy atom. The number of carboxylic acid groups (broad SMARTS) is 2. The molecule has 0 fully saturated rings. The summed E-state index contributed by atoms with van der Waals surface area (Å²) in [5.74, 6) is -1.45. The lowest BCUT2D eigenvalue weighted by atomic mass is 9.73. The van der Waals surface area contributed by atoms with Crippen LogP contribution < -0.4 is 0 Å². The van der Waals surface area contributed by atoms with Gasteiger partial charge in [-0.1, -0.05) is 27.7 Å². The maximum atomic E-state index is 11.4. The zero-order valence-corrected chi connectivity index (χ0v) is 11.2. The molecule has 0 aromatic carbocycles. The number of aliphatic carboxylic acids is 2. The molecular weight excluding hydrogens is 220 g/mol. The molecule has 100 valence electrons. The van der Waals surface area contributed by atoms with Crippen molar-refractivity contribution in [2.24, 2.45) is 17.3 Å². The third kappa shape index (κ3) is 5.71. The van der Waals surface area contributed by atoms with Gasteiger partial charge in [0, 0.05) is 0 Å². The summed E-state index contributed by atoms with van der Waals surface area (Å²) in [7, 11) is 0. The Bertz CT molecular complexity index is 271. The number of carboxylic acids is 2. The largest absolute Gasteiger partial charge is 0.481 e. The average molecular weight is 244 g/mol. The fourth-order valence-corrected chi connectivity index (χ4v) is 2.17. The van der Waals surface area contributed by atoms with Crippen LogP contribution in [-0.4, -0.2) is 22.2 Å². The number of hydrogen-bond donors (Lipinski definition) is 2. The van der Waals surface area contributed by atoms with Crippen molar-refractivity contribution >= 4 is 11.9 Å². The van der Waals surface area contributed by atoms with Gasteiger partial charge >= 0.3 is 11.9 Å². The quantitative estimate of drug-likeness (QED) is 0.688. The zero-order valence-electron chi connectivity index (χ0n) is 11.2. The Morgan fingerprint density at radius 3 is 1.88 bits per heavy atom.